The second-order valence-electron chi connectivity index (χ2n) is 4.43. The van der Waals surface area contributed by atoms with Crippen LogP contribution in [-0.4, -0.2) is 28.9 Å². The summed E-state index contributed by atoms with van der Waals surface area (Å²) in [6, 6.07) is 0. The third kappa shape index (κ3) is 4.60. The first kappa shape index (κ1) is 14.4. The molecule has 0 aliphatic carbocycles. The molecular formula is C11H22N2OS. The van der Waals surface area contributed by atoms with Crippen LogP contribution in [0.3, 0.4) is 0 Å². The molecule has 88 valence electrons. The van der Waals surface area contributed by atoms with Gasteiger partial charge in [-0.2, -0.15) is 0 Å². The first-order chi connectivity index (χ1) is 6.85. The predicted octanol–water partition coefficient (Wildman–Crippen LogP) is 1.95. The zero-order valence-electron chi connectivity index (χ0n) is 10.2. The van der Waals surface area contributed by atoms with Gasteiger partial charge in [0.25, 0.3) is 0 Å². The summed E-state index contributed by atoms with van der Waals surface area (Å²) in [5.41, 5.74) is 5.16. The van der Waals surface area contributed by atoms with Gasteiger partial charge < -0.3 is 10.6 Å². The van der Waals surface area contributed by atoms with Crippen molar-refractivity contribution in [3.63, 3.8) is 0 Å². The quantitative estimate of drug-likeness (QED) is 0.709. The van der Waals surface area contributed by atoms with Crippen LogP contribution in [0.25, 0.3) is 0 Å². The van der Waals surface area contributed by atoms with E-state index in [2.05, 4.69) is 0 Å². The highest BCUT2D eigenvalue weighted by Crippen LogP contribution is 2.22. The molecule has 0 rings (SSSR count). The molecule has 0 atom stereocenters. The van der Waals surface area contributed by atoms with Gasteiger partial charge in [-0.05, 0) is 12.8 Å². The number of rotatable bonds is 6. The third-order valence-corrected chi connectivity index (χ3v) is 2.72. The zero-order chi connectivity index (χ0) is 12.1. The van der Waals surface area contributed by atoms with E-state index in [9.17, 15) is 4.79 Å². The van der Waals surface area contributed by atoms with Crippen molar-refractivity contribution in [3.8, 4) is 0 Å². The molecule has 2 N–H and O–H groups in total. The second kappa shape index (κ2) is 6.05. The standard InChI is InChI=1S/C11H22N2OS/c1-5-7-13(8-9(12)15)10(14)11(3,4)6-2/h5-8H2,1-4H3,(H2,12,15). The van der Waals surface area contributed by atoms with E-state index in [4.69, 9.17) is 18.0 Å². The van der Waals surface area contributed by atoms with Gasteiger partial charge >= 0.3 is 0 Å². The Balaban J connectivity index is 4.61. The van der Waals surface area contributed by atoms with E-state index in [1.807, 2.05) is 27.7 Å². The number of carbonyl (C=O) groups is 1. The summed E-state index contributed by atoms with van der Waals surface area (Å²) in [4.78, 5) is 14.3. The van der Waals surface area contributed by atoms with Crippen LogP contribution in [0.4, 0.5) is 0 Å². The Bertz CT molecular complexity index is 239. The minimum Gasteiger partial charge on any atom is -0.392 e. The first-order valence-electron chi connectivity index (χ1n) is 5.42. The maximum Gasteiger partial charge on any atom is 0.228 e. The number of hydrogen-bond acceptors (Lipinski definition) is 2. The van der Waals surface area contributed by atoms with Gasteiger partial charge in [-0.3, -0.25) is 4.79 Å². The van der Waals surface area contributed by atoms with Gasteiger partial charge in [-0.25, -0.2) is 0 Å². The fourth-order valence-electron chi connectivity index (χ4n) is 1.29. The van der Waals surface area contributed by atoms with Crippen LogP contribution >= 0.6 is 12.2 Å². The second-order valence-corrected chi connectivity index (χ2v) is 4.95. The van der Waals surface area contributed by atoms with Crippen molar-refractivity contribution in [2.24, 2.45) is 11.1 Å². The number of carbonyl (C=O) groups excluding carboxylic acids is 1. The van der Waals surface area contributed by atoms with Crippen molar-refractivity contribution in [2.45, 2.75) is 40.5 Å². The molecule has 0 radical (unpaired) electrons. The average molecular weight is 230 g/mol. The maximum atomic E-state index is 12.1. The van der Waals surface area contributed by atoms with Crippen molar-refractivity contribution < 1.29 is 4.79 Å². The summed E-state index contributed by atoms with van der Waals surface area (Å²) in [5, 5.41) is 0. The molecule has 0 aliphatic heterocycles. The predicted molar refractivity (Wildman–Crippen MR) is 67.7 cm³/mol. The molecule has 0 spiro atoms. The SMILES string of the molecule is CCCN(CC(N)=S)C(=O)C(C)(C)CC. The van der Waals surface area contributed by atoms with Crippen molar-refractivity contribution in [1.82, 2.24) is 4.90 Å². The Morgan fingerprint density at radius 1 is 1.40 bits per heavy atom. The van der Waals surface area contributed by atoms with E-state index in [1.54, 1.807) is 4.90 Å². The number of nitrogens with two attached hydrogens (primary N) is 1. The summed E-state index contributed by atoms with van der Waals surface area (Å²) in [5.74, 6) is 0.139. The van der Waals surface area contributed by atoms with E-state index in [0.717, 1.165) is 19.4 Å². The van der Waals surface area contributed by atoms with E-state index in [-0.39, 0.29) is 11.3 Å². The molecule has 0 unspecified atom stereocenters. The zero-order valence-corrected chi connectivity index (χ0v) is 11.0. The number of hydrogen-bond donors (Lipinski definition) is 1. The highest BCUT2D eigenvalue weighted by atomic mass is 32.1. The van der Waals surface area contributed by atoms with Gasteiger partial charge in [-0.1, -0.05) is 39.9 Å². The molecule has 0 aromatic rings. The largest absolute Gasteiger partial charge is 0.392 e. The van der Waals surface area contributed by atoms with E-state index in [0.29, 0.717) is 11.5 Å². The Hall–Kier alpha value is -0.640. The normalized spacial score (nSPS) is 11.2. The monoisotopic (exact) mass is 230 g/mol. The van der Waals surface area contributed by atoms with E-state index in [1.165, 1.54) is 0 Å². The molecule has 4 heteroatoms. The summed E-state index contributed by atoms with van der Waals surface area (Å²) < 4.78 is 0. The van der Waals surface area contributed by atoms with Crippen LogP contribution < -0.4 is 5.73 Å². The molecule has 15 heavy (non-hydrogen) atoms. The fraction of sp³-hybridized carbons (Fsp3) is 0.818. The van der Waals surface area contributed by atoms with Crippen LogP contribution in [0.5, 0.6) is 0 Å². The van der Waals surface area contributed by atoms with Crippen molar-refractivity contribution in [2.75, 3.05) is 13.1 Å². The lowest BCUT2D eigenvalue weighted by molar-refractivity contribution is -0.139. The lowest BCUT2D eigenvalue weighted by Crippen LogP contribution is -2.44. The van der Waals surface area contributed by atoms with Crippen molar-refractivity contribution in [1.29, 1.82) is 0 Å². The van der Waals surface area contributed by atoms with Gasteiger partial charge in [0.15, 0.2) is 0 Å². The highest BCUT2D eigenvalue weighted by Gasteiger charge is 2.29. The van der Waals surface area contributed by atoms with Crippen LogP contribution in [0.2, 0.25) is 0 Å². The Labute approximate surface area is 98.0 Å². The number of nitrogens with zero attached hydrogens (tertiary/aromatic N) is 1. The number of amides is 1. The van der Waals surface area contributed by atoms with Crippen LogP contribution in [0, 0.1) is 5.41 Å². The van der Waals surface area contributed by atoms with Gasteiger partial charge in [0.2, 0.25) is 5.91 Å². The molecule has 0 heterocycles. The first-order valence-corrected chi connectivity index (χ1v) is 5.83. The molecule has 0 fully saturated rings. The maximum absolute atomic E-state index is 12.1. The number of thiocarbonyl (C=S) groups is 1. The van der Waals surface area contributed by atoms with Gasteiger partial charge in [0.05, 0.1) is 11.5 Å². The third-order valence-electron chi connectivity index (χ3n) is 2.59. The summed E-state index contributed by atoms with van der Waals surface area (Å²) >= 11 is 4.85. The van der Waals surface area contributed by atoms with E-state index >= 15 is 0 Å². The molecule has 3 nitrogen and oxygen atoms in total. The minimum atomic E-state index is -0.319. The Morgan fingerprint density at radius 3 is 2.27 bits per heavy atom. The molecule has 0 aromatic heterocycles. The summed E-state index contributed by atoms with van der Waals surface area (Å²) in [6.45, 7) is 9.09. The summed E-state index contributed by atoms with van der Waals surface area (Å²) in [7, 11) is 0. The average Bonchev–Trinajstić information content (AvgIpc) is 2.15. The van der Waals surface area contributed by atoms with Crippen molar-refractivity contribution in [3.05, 3.63) is 0 Å². The summed E-state index contributed by atoms with van der Waals surface area (Å²) in [6.07, 6.45) is 1.75. The molecule has 0 aliphatic rings. The minimum absolute atomic E-state index is 0.139. The van der Waals surface area contributed by atoms with Gasteiger partial charge in [0, 0.05) is 12.0 Å². The van der Waals surface area contributed by atoms with E-state index < -0.39 is 0 Å². The highest BCUT2D eigenvalue weighted by molar-refractivity contribution is 7.80. The molecule has 0 saturated carbocycles. The molecular weight excluding hydrogens is 208 g/mol. The van der Waals surface area contributed by atoms with Crippen LogP contribution in [0.15, 0.2) is 0 Å². The topological polar surface area (TPSA) is 46.3 Å². The fourth-order valence-corrected chi connectivity index (χ4v) is 1.45. The van der Waals surface area contributed by atoms with Crippen LogP contribution in [-0.2, 0) is 4.79 Å². The lowest BCUT2D eigenvalue weighted by Gasteiger charge is -2.30. The Kier molecular flexibility index (Phi) is 5.80. The van der Waals surface area contributed by atoms with Gasteiger partial charge in [-0.15, -0.1) is 0 Å². The van der Waals surface area contributed by atoms with Crippen molar-refractivity contribution >= 4 is 23.1 Å². The molecule has 0 saturated heterocycles. The smallest absolute Gasteiger partial charge is 0.228 e. The molecule has 0 bridgehead atoms. The van der Waals surface area contributed by atoms with Gasteiger partial charge in [0.1, 0.15) is 0 Å². The van der Waals surface area contributed by atoms with Crippen LogP contribution in [0.1, 0.15) is 40.5 Å². The molecule has 1 amide bonds. The lowest BCUT2D eigenvalue weighted by atomic mass is 9.88. The Morgan fingerprint density at radius 2 is 1.93 bits per heavy atom. The molecule has 0 aromatic carbocycles.